The molecule has 0 saturated heterocycles. The lowest BCUT2D eigenvalue weighted by Crippen LogP contribution is -2.42. The Bertz CT molecular complexity index is 816. The minimum Gasteiger partial charge on any atom is -0.383 e. The van der Waals surface area contributed by atoms with Crippen LogP contribution in [-0.2, 0) is 18.1 Å². The molecular formula is C20H29FIN5O. The van der Waals surface area contributed by atoms with Crippen molar-refractivity contribution in [1.82, 2.24) is 20.4 Å². The summed E-state index contributed by atoms with van der Waals surface area (Å²) in [6.45, 7) is 5.21. The highest BCUT2D eigenvalue weighted by molar-refractivity contribution is 14.0. The summed E-state index contributed by atoms with van der Waals surface area (Å²) in [5.41, 5.74) is 0.192. The Morgan fingerprint density at radius 3 is 2.64 bits per heavy atom. The van der Waals surface area contributed by atoms with Crippen molar-refractivity contribution in [2.45, 2.75) is 37.7 Å². The zero-order valence-electron chi connectivity index (χ0n) is 16.6. The van der Waals surface area contributed by atoms with E-state index in [9.17, 15) is 9.50 Å². The lowest BCUT2D eigenvalue weighted by Gasteiger charge is -2.22. The number of benzene rings is 1. The molecule has 0 amide bonds. The Hall–Kier alpha value is -1.68. The van der Waals surface area contributed by atoms with Gasteiger partial charge >= 0.3 is 0 Å². The molecule has 1 fully saturated rings. The minimum atomic E-state index is -1.11. The van der Waals surface area contributed by atoms with Crippen LogP contribution in [0, 0.1) is 5.82 Å². The Balaban J connectivity index is 0.00000280. The van der Waals surface area contributed by atoms with E-state index in [2.05, 4.69) is 20.7 Å². The SMILES string of the molecule is CCNC(=NCC(C)(O)c1cnn(C)c1)NCC1(c2ccccc2F)CC1.I. The molecule has 1 aliphatic rings. The summed E-state index contributed by atoms with van der Waals surface area (Å²) < 4.78 is 15.8. The molecule has 0 spiro atoms. The lowest BCUT2D eigenvalue weighted by molar-refractivity contribution is 0.0672. The Kier molecular flexibility index (Phi) is 7.44. The number of aryl methyl sites for hydroxylation is 1. The van der Waals surface area contributed by atoms with Crippen LogP contribution >= 0.6 is 24.0 Å². The van der Waals surface area contributed by atoms with Crippen molar-refractivity contribution in [2.75, 3.05) is 19.6 Å². The summed E-state index contributed by atoms with van der Waals surface area (Å²) in [7, 11) is 1.81. The average Bonchev–Trinajstić information content (AvgIpc) is 3.29. The summed E-state index contributed by atoms with van der Waals surface area (Å²) in [4.78, 5) is 4.53. The van der Waals surface area contributed by atoms with Gasteiger partial charge in [-0.2, -0.15) is 5.10 Å². The van der Waals surface area contributed by atoms with Gasteiger partial charge in [0, 0.05) is 37.3 Å². The second kappa shape index (κ2) is 9.21. The highest BCUT2D eigenvalue weighted by atomic mass is 127. The highest BCUT2D eigenvalue weighted by Crippen LogP contribution is 2.48. The van der Waals surface area contributed by atoms with Crippen molar-refractivity contribution in [1.29, 1.82) is 0 Å². The zero-order chi connectivity index (χ0) is 19.5. The molecule has 1 saturated carbocycles. The first-order valence-electron chi connectivity index (χ1n) is 9.35. The summed E-state index contributed by atoms with van der Waals surface area (Å²) in [6, 6.07) is 6.97. The van der Waals surface area contributed by atoms with Crippen LogP contribution in [0.5, 0.6) is 0 Å². The van der Waals surface area contributed by atoms with Gasteiger partial charge in [-0.1, -0.05) is 18.2 Å². The van der Waals surface area contributed by atoms with E-state index in [0.29, 0.717) is 19.0 Å². The monoisotopic (exact) mass is 501 g/mol. The number of nitrogens with zero attached hydrogens (tertiary/aromatic N) is 3. The van der Waals surface area contributed by atoms with Gasteiger partial charge in [0.2, 0.25) is 0 Å². The molecule has 6 nitrogen and oxygen atoms in total. The second-order valence-corrected chi connectivity index (χ2v) is 7.49. The van der Waals surface area contributed by atoms with Crippen LogP contribution in [0.3, 0.4) is 0 Å². The molecule has 8 heteroatoms. The number of aromatic nitrogens is 2. The molecule has 1 unspecified atom stereocenters. The normalized spacial score (nSPS) is 17.4. The molecular weight excluding hydrogens is 472 g/mol. The number of guanidine groups is 1. The smallest absolute Gasteiger partial charge is 0.191 e. The molecule has 1 aromatic heterocycles. The van der Waals surface area contributed by atoms with Crippen LogP contribution in [0.1, 0.15) is 37.8 Å². The highest BCUT2D eigenvalue weighted by Gasteiger charge is 2.45. The van der Waals surface area contributed by atoms with Crippen molar-refractivity contribution in [3.05, 3.63) is 53.6 Å². The average molecular weight is 501 g/mol. The van der Waals surface area contributed by atoms with E-state index < -0.39 is 5.60 Å². The molecule has 0 bridgehead atoms. The number of rotatable bonds is 7. The molecule has 3 N–H and O–H groups in total. The van der Waals surface area contributed by atoms with E-state index in [1.54, 1.807) is 30.1 Å². The molecule has 28 heavy (non-hydrogen) atoms. The first kappa shape index (κ1) is 22.6. The Morgan fingerprint density at radius 1 is 1.36 bits per heavy atom. The van der Waals surface area contributed by atoms with Crippen LogP contribution in [0.4, 0.5) is 4.39 Å². The summed E-state index contributed by atoms with van der Waals surface area (Å²) in [6.07, 6.45) is 5.34. The van der Waals surface area contributed by atoms with E-state index >= 15 is 0 Å². The topological polar surface area (TPSA) is 74.5 Å². The first-order valence-corrected chi connectivity index (χ1v) is 9.35. The van der Waals surface area contributed by atoms with Gasteiger partial charge in [-0.05, 0) is 38.3 Å². The van der Waals surface area contributed by atoms with E-state index in [1.807, 2.05) is 26.1 Å². The number of hydrogen-bond donors (Lipinski definition) is 3. The lowest BCUT2D eigenvalue weighted by atomic mass is 9.95. The van der Waals surface area contributed by atoms with Crippen molar-refractivity contribution < 1.29 is 9.50 Å². The predicted octanol–water partition coefficient (Wildman–Crippen LogP) is 2.67. The van der Waals surface area contributed by atoms with Crippen molar-refractivity contribution in [2.24, 2.45) is 12.0 Å². The van der Waals surface area contributed by atoms with Crippen molar-refractivity contribution in [3.8, 4) is 0 Å². The maximum absolute atomic E-state index is 14.2. The fraction of sp³-hybridized carbons (Fsp3) is 0.500. The molecule has 1 aromatic carbocycles. The predicted molar refractivity (Wildman–Crippen MR) is 119 cm³/mol. The number of aliphatic hydroxyl groups is 1. The zero-order valence-corrected chi connectivity index (χ0v) is 18.9. The fourth-order valence-corrected chi connectivity index (χ4v) is 3.20. The van der Waals surface area contributed by atoms with Gasteiger partial charge in [-0.25, -0.2) is 9.38 Å². The van der Waals surface area contributed by atoms with Gasteiger partial charge in [-0.15, -0.1) is 24.0 Å². The first-order chi connectivity index (χ1) is 12.9. The van der Waals surface area contributed by atoms with E-state index in [0.717, 1.165) is 24.0 Å². The van der Waals surface area contributed by atoms with Gasteiger partial charge < -0.3 is 15.7 Å². The number of hydrogen-bond acceptors (Lipinski definition) is 3. The van der Waals surface area contributed by atoms with Gasteiger partial charge in [0.25, 0.3) is 0 Å². The van der Waals surface area contributed by atoms with Gasteiger partial charge in [0.1, 0.15) is 11.4 Å². The number of aliphatic imine (C=N–C) groups is 1. The molecule has 0 aliphatic heterocycles. The molecule has 3 rings (SSSR count). The van der Waals surface area contributed by atoms with Gasteiger partial charge in [0.15, 0.2) is 5.96 Å². The van der Waals surface area contributed by atoms with Crippen molar-refractivity contribution >= 4 is 29.9 Å². The van der Waals surface area contributed by atoms with E-state index in [-0.39, 0.29) is 41.8 Å². The molecule has 154 valence electrons. The maximum Gasteiger partial charge on any atom is 0.191 e. The van der Waals surface area contributed by atoms with Gasteiger partial charge in [0.05, 0.1) is 12.7 Å². The largest absolute Gasteiger partial charge is 0.383 e. The molecule has 1 heterocycles. The third-order valence-corrected chi connectivity index (χ3v) is 5.11. The molecule has 2 aromatic rings. The second-order valence-electron chi connectivity index (χ2n) is 7.49. The standard InChI is InChI=1S/C20H28FN5O.HI/c1-4-22-18(23-13-19(2,27)15-11-25-26(3)12-15)24-14-20(9-10-20)16-7-5-6-8-17(16)21;/h5-8,11-12,27H,4,9-10,13-14H2,1-3H3,(H2,22,23,24);1H. The fourth-order valence-electron chi connectivity index (χ4n) is 3.20. The third kappa shape index (κ3) is 5.22. The maximum atomic E-state index is 14.2. The Labute approximate surface area is 182 Å². The Morgan fingerprint density at radius 2 is 2.07 bits per heavy atom. The molecule has 1 aliphatic carbocycles. The third-order valence-electron chi connectivity index (χ3n) is 5.11. The van der Waals surface area contributed by atoms with Crippen LogP contribution in [0.2, 0.25) is 0 Å². The van der Waals surface area contributed by atoms with Crippen LogP contribution in [0.25, 0.3) is 0 Å². The van der Waals surface area contributed by atoms with E-state index in [1.165, 1.54) is 6.07 Å². The summed E-state index contributed by atoms with van der Waals surface area (Å²) >= 11 is 0. The summed E-state index contributed by atoms with van der Waals surface area (Å²) in [5, 5.41) is 21.3. The molecule has 1 atom stereocenters. The van der Waals surface area contributed by atoms with Crippen LogP contribution in [0.15, 0.2) is 41.7 Å². The van der Waals surface area contributed by atoms with Gasteiger partial charge in [-0.3, -0.25) is 4.68 Å². The van der Waals surface area contributed by atoms with Crippen LogP contribution < -0.4 is 10.6 Å². The molecule has 0 radical (unpaired) electrons. The van der Waals surface area contributed by atoms with Crippen LogP contribution in [-0.4, -0.2) is 40.5 Å². The van der Waals surface area contributed by atoms with E-state index in [4.69, 9.17) is 0 Å². The van der Waals surface area contributed by atoms with Crippen molar-refractivity contribution in [3.63, 3.8) is 0 Å². The quantitative estimate of drug-likeness (QED) is 0.310. The minimum absolute atomic E-state index is 0. The summed E-state index contributed by atoms with van der Waals surface area (Å²) in [5.74, 6) is 0.461. The number of halogens is 2. The number of nitrogens with one attached hydrogen (secondary N) is 2.